The van der Waals surface area contributed by atoms with Crippen LogP contribution in [0.25, 0.3) is 11.3 Å². The number of furan rings is 1. The van der Waals surface area contributed by atoms with Crippen LogP contribution in [0.1, 0.15) is 10.6 Å². The third-order valence-corrected chi connectivity index (χ3v) is 3.00. The van der Waals surface area contributed by atoms with Gasteiger partial charge in [0, 0.05) is 17.8 Å². The van der Waals surface area contributed by atoms with Gasteiger partial charge in [-0.05, 0) is 30.3 Å². The number of pyridine rings is 1. The molecule has 0 bridgehead atoms. The predicted octanol–water partition coefficient (Wildman–Crippen LogP) is 3.85. The zero-order valence-corrected chi connectivity index (χ0v) is 11.7. The van der Waals surface area contributed by atoms with E-state index in [0.29, 0.717) is 23.4 Å². The first-order chi connectivity index (χ1) is 11.2. The molecular weight excluding hydrogens is 300 g/mol. The van der Waals surface area contributed by atoms with Gasteiger partial charge in [-0.15, -0.1) is 0 Å². The summed E-state index contributed by atoms with van der Waals surface area (Å²) in [6, 6.07) is 10.7. The van der Waals surface area contributed by atoms with Crippen LogP contribution >= 0.6 is 0 Å². The lowest BCUT2D eigenvalue weighted by Gasteiger charge is -2.06. The van der Waals surface area contributed by atoms with Crippen molar-refractivity contribution in [2.45, 2.75) is 0 Å². The van der Waals surface area contributed by atoms with E-state index < -0.39 is 4.92 Å². The van der Waals surface area contributed by atoms with Crippen LogP contribution in [0.5, 0.6) is 11.5 Å². The van der Waals surface area contributed by atoms with Crippen molar-refractivity contribution in [3.8, 4) is 22.8 Å². The molecule has 3 rings (SSSR count). The molecule has 0 amide bonds. The van der Waals surface area contributed by atoms with Gasteiger partial charge in [0.15, 0.2) is 12.0 Å². The summed E-state index contributed by atoms with van der Waals surface area (Å²) < 4.78 is 10.9. The number of rotatable bonds is 5. The molecule has 0 N–H and O–H groups in total. The van der Waals surface area contributed by atoms with Crippen LogP contribution in [0.15, 0.2) is 59.3 Å². The number of hydrogen-bond donors (Lipinski definition) is 0. The second-order valence-corrected chi connectivity index (χ2v) is 4.58. The maximum absolute atomic E-state index is 11.1. The van der Waals surface area contributed by atoms with Crippen LogP contribution in [0.4, 0.5) is 5.69 Å². The number of aldehydes is 1. The highest BCUT2D eigenvalue weighted by Gasteiger charge is 2.14. The maximum Gasteiger partial charge on any atom is 0.273 e. The minimum atomic E-state index is -0.525. The molecule has 0 radical (unpaired) electrons. The minimum Gasteiger partial charge on any atom is -0.455 e. The normalized spacial score (nSPS) is 10.3. The average Bonchev–Trinajstić information content (AvgIpc) is 3.04. The summed E-state index contributed by atoms with van der Waals surface area (Å²) in [4.78, 5) is 25.2. The quantitative estimate of drug-likeness (QED) is 0.403. The molecule has 0 atom stereocenters. The van der Waals surface area contributed by atoms with Crippen molar-refractivity contribution in [2.75, 3.05) is 0 Å². The van der Waals surface area contributed by atoms with Crippen LogP contribution < -0.4 is 4.74 Å². The Morgan fingerprint density at radius 1 is 1.17 bits per heavy atom. The summed E-state index contributed by atoms with van der Waals surface area (Å²) >= 11 is 0. The summed E-state index contributed by atoms with van der Waals surface area (Å²) in [6.07, 6.45) is 3.65. The molecule has 7 nitrogen and oxygen atoms in total. The third kappa shape index (κ3) is 3.24. The van der Waals surface area contributed by atoms with Gasteiger partial charge >= 0.3 is 0 Å². The highest BCUT2D eigenvalue weighted by molar-refractivity contribution is 5.73. The van der Waals surface area contributed by atoms with Crippen LogP contribution in [-0.2, 0) is 0 Å². The zero-order chi connectivity index (χ0) is 16.2. The van der Waals surface area contributed by atoms with E-state index in [4.69, 9.17) is 9.15 Å². The molecular formula is C16H10N2O5. The molecule has 0 spiro atoms. The van der Waals surface area contributed by atoms with E-state index in [2.05, 4.69) is 4.98 Å². The molecule has 0 saturated carbocycles. The standard InChI is InChI=1S/C16H10N2O5/c19-10-14-3-4-16(23-14)11-6-12(18(20)21)8-15(7-11)22-13-2-1-5-17-9-13/h1-10H. The first-order valence-corrected chi connectivity index (χ1v) is 6.58. The van der Waals surface area contributed by atoms with Gasteiger partial charge in [0.1, 0.15) is 17.3 Å². The summed E-state index contributed by atoms with van der Waals surface area (Å²) in [7, 11) is 0. The maximum atomic E-state index is 11.1. The molecule has 2 aromatic heterocycles. The molecule has 0 aliphatic carbocycles. The van der Waals surface area contributed by atoms with E-state index in [-0.39, 0.29) is 17.2 Å². The van der Waals surface area contributed by atoms with Gasteiger partial charge in [-0.2, -0.15) is 0 Å². The molecule has 2 heterocycles. The fourth-order valence-corrected chi connectivity index (χ4v) is 2.00. The summed E-state index contributed by atoms with van der Waals surface area (Å²) in [5, 5.41) is 11.1. The van der Waals surface area contributed by atoms with E-state index in [0.717, 1.165) is 0 Å². The highest BCUT2D eigenvalue weighted by Crippen LogP contribution is 2.32. The smallest absolute Gasteiger partial charge is 0.273 e. The second kappa shape index (κ2) is 6.10. The number of carbonyl (C=O) groups excluding carboxylic acids is 1. The van der Waals surface area contributed by atoms with Gasteiger partial charge in [0.05, 0.1) is 17.2 Å². The van der Waals surface area contributed by atoms with E-state index >= 15 is 0 Å². The monoisotopic (exact) mass is 310 g/mol. The molecule has 3 aromatic rings. The van der Waals surface area contributed by atoms with E-state index in [1.807, 2.05) is 0 Å². The van der Waals surface area contributed by atoms with Gasteiger partial charge in [0.25, 0.3) is 5.69 Å². The number of benzene rings is 1. The fourth-order valence-electron chi connectivity index (χ4n) is 2.00. The fraction of sp³-hybridized carbons (Fsp3) is 0. The van der Waals surface area contributed by atoms with E-state index in [9.17, 15) is 14.9 Å². The Hall–Kier alpha value is -3.48. The third-order valence-electron chi connectivity index (χ3n) is 3.00. The SMILES string of the molecule is O=Cc1ccc(-c2cc(Oc3cccnc3)cc([N+](=O)[O-])c2)o1. The van der Waals surface area contributed by atoms with Crippen LogP contribution in [0, 0.1) is 10.1 Å². The molecule has 0 fully saturated rings. The van der Waals surface area contributed by atoms with Gasteiger partial charge in [-0.25, -0.2) is 0 Å². The number of nitro groups is 1. The number of nitrogens with zero attached hydrogens (tertiary/aromatic N) is 2. The van der Waals surface area contributed by atoms with E-state index in [1.165, 1.54) is 24.4 Å². The lowest BCUT2D eigenvalue weighted by molar-refractivity contribution is -0.384. The lowest BCUT2D eigenvalue weighted by Crippen LogP contribution is -1.91. The largest absolute Gasteiger partial charge is 0.455 e. The van der Waals surface area contributed by atoms with Crippen molar-refractivity contribution in [3.05, 3.63) is 70.7 Å². The topological polar surface area (TPSA) is 95.5 Å². The number of non-ortho nitro benzene ring substituents is 1. The number of aromatic nitrogens is 1. The Morgan fingerprint density at radius 3 is 2.70 bits per heavy atom. The summed E-state index contributed by atoms with van der Waals surface area (Å²) in [6.45, 7) is 0. The van der Waals surface area contributed by atoms with Crippen molar-refractivity contribution < 1.29 is 18.9 Å². The summed E-state index contributed by atoms with van der Waals surface area (Å²) in [5.74, 6) is 1.20. The molecule has 114 valence electrons. The first-order valence-electron chi connectivity index (χ1n) is 6.58. The molecule has 0 saturated heterocycles. The molecule has 7 heteroatoms. The molecule has 0 aliphatic rings. The molecule has 0 unspecified atom stereocenters. The van der Waals surface area contributed by atoms with Gasteiger partial charge in [-0.3, -0.25) is 19.9 Å². The molecule has 0 aliphatic heterocycles. The number of hydrogen-bond acceptors (Lipinski definition) is 6. The Labute approximate surface area is 130 Å². The van der Waals surface area contributed by atoms with Crippen molar-refractivity contribution in [1.29, 1.82) is 0 Å². The molecule has 23 heavy (non-hydrogen) atoms. The van der Waals surface area contributed by atoms with Crippen LogP contribution in [0.2, 0.25) is 0 Å². The number of nitro benzene ring substituents is 1. The van der Waals surface area contributed by atoms with Crippen LogP contribution in [-0.4, -0.2) is 16.2 Å². The Balaban J connectivity index is 2.02. The summed E-state index contributed by atoms with van der Waals surface area (Å²) in [5.41, 5.74) is 0.289. The zero-order valence-electron chi connectivity index (χ0n) is 11.7. The van der Waals surface area contributed by atoms with Crippen molar-refractivity contribution in [1.82, 2.24) is 4.98 Å². The Bertz CT molecular complexity index is 858. The highest BCUT2D eigenvalue weighted by atomic mass is 16.6. The van der Waals surface area contributed by atoms with E-state index in [1.54, 1.807) is 30.5 Å². The first kappa shape index (κ1) is 14.5. The average molecular weight is 310 g/mol. The predicted molar refractivity (Wildman–Crippen MR) is 80.5 cm³/mol. The Morgan fingerprint density at radius 2 is 2.04 bits per heavy atom. The molecule has 1 aromatic carbocycles. The van der Waals surface area contributed by atoms with Gasteiger partial charge < -0.3 is 9.15 Å². The number of ether oxygens (including phenoxy) is 1. The Kier molecular flexibility index (Phi) is 3.84. The lowest BCUT2D eigenvalue weighted by atomic mass is 10.1. The number of carbonyl (C=O) groups is 1. The van der Waals surface area contributed by atoms with Gasteiger partial charge in [0.2, 0.25) is 0 Å². The van der Waals surface area contributed by atoms with Crippen molar-refractivity contribution in [3.63, 3.8) is 0 Å². The minimum absolute atomic E-state index is 0.140. The van der Waals surface area contributed by atoms with Crippen molar-refractivity contribution in [2.24, 2.45) is 0 Å². The van der Waals surface area contributed by atoms with Crippen molar-refractivity contribution >= 4 is 12.0 Å². The van der Waals surface area contributed by atoms with Crippen LogP contribution in [0.3, 0.4) is 0 Å². The van der Waals surface area contributed by atoms with Gasteiger partial charge in [-0.1, -0.05) is 0 Å². The second-order valence-electron chi connectivity index (χ2n) is 4.58.